The van der Waals surface area contributed by atoms with Crippen LogP contribution in [0.25, 0.3) is 0 Å². The highest BCUT2D eigenvalue weighted by Crippen LogP contribution is 2.27. The average Bonchev–Trinajstić information content (AvgIpc) is 2.98. The van der Waals surface area contributed by atoms with Gasteiger partial charge in [-0.3, -0.25) is 4.79 Å². The molecule has 1 aromatic heterocycles. The predicted octanol–water partition coefficient (Wildman–Crippen LogP) is 2.46. The van der Waals surface area contributed by atoms with Crippen LogP contribution in [0.2, 0.25) is 0 Å². The van der Waals surface area contributed by atoms with Crippen LogP contribution in [-0.2, 0) is 18.3 Å². The fraction of sp³-hybridized carbons (Fsp3) is 0.500. The summed E-state index contributed by atoms with van der Waals surface area (Å²) >= 11 is 0. The molecule has 1 aromatic carbocycles. The first-order chi connectivity index (χ1) is 11.1. The van der Waals surface area contributed by atoms with E-state index in [1.54, 1.807) is 6.33 Å². The number of piperidine rings is 1. The van der Waals surface area contributed by atoms with Crippen molar-refractivity contribution in [1.82, 2.24) is 19.7 Å². The Bertz CT molecular complexity index is 679. The number of hydrogen-bond acceptors (Lipinski definition) is 3. The molecular weight excluding hydrogens is 288 g/mol. The highest BCUT2D eigenvalue weighted by molar-refractivity contribution is 5.76. The van der Waals surface area contributed by atoms with Gasteiger partial charge in [0.2, 0.25) is 5.91 Å². The third-order valence-electron chi connectivity index (χ3n) is 4.66. The van der Waals surface area contributed by atoms with Gasteiger partial charge >= 0.3 is 0 Å². The topological polar surface area (TPSA) is 51.0 Å². The van der Waals surface area contributed by atoms with Crippen LogP contribution in [0.4, 0.5) is 0 Å². The molecule has 1 aliphatic heterocycles. The molecule has 0 saturated carbocycles. The Kier molecular flexibility index (Phi) is 4.74. The minimum Gasteiger partial charge on any atom is -0.342 e. The zero-order valence-electron chi connectivity index (χ0n) is 13.9. The first kappa shape index (κ1) is 15.7. The van der Waals surface area contributed by atoms with Gasteiger partial charge in [-0.05, 0) is 25.3 Å². The van der Waals surface area contributed by atoms with E-state index in [-0.39, 0.29) is 5.91 Å². The van der Waals surface area contributed by atoms with E-state index in [0.717, 1.165) is 31.8 Å². The Morgan fingerprint density at radius 1 is 1.39 bits per heavy atom. The summed E-state index contributed by atoms with van der Waals surface area (Å²) in [4.78, 5) is 14.5. The number of rotatable bonds is 4. The number of carbonyl (C=O) groups excluding carboxylic acids is 1. The highest BCUT2D eigenvalue weighted by atomic mass is 16.2. The van der Waals surface area contributed by atoms with Gasteiger partial charge in [-0.1, -0.05) is 29.8 Å². The summed E-state index contributed by atoms with van der Waals surface area (Å²) in [5.41, 5.74) is 2.64. The molecule has 0 N–H and O–H groups in total. The first-order valence-electron chi connectivity index (χ1n) is 8.30. The summed E-state index contributed by atoms with van der Waals surface area (Å²) in [6, 6.07) is 8.67. The van der Waals surface area contributed by atoms with Gasteiger partial charge < -0.3 is 9.47 Å². The normalized spacial score (nSPS) is 18.2. The van der Waals surface area contributed by atoms with Gasteiger partial charge in [0.1, 0.15) is 12.2 Å². The Morgan fingerprint density at radius 2 is 2.26 bits per heavy atom. The zero-order valence-corrected chi connectivity index (χ0v) is 13.9. The molecule has 0 spiro atoms. The van der Waals surface area contributed by atoms with E-state index in [4.69, 9.17) is 0 Å². The molecule has 122 valence electrons. The average molecular weight is 312 g/mol. The lowest BCUT2D eigenvalue weighted by Crippen LogP contribution is -2.39. The number of likely N-dealkylation sites (tertiary alicyclic amines) is 1. The Morgan fingerprint density at radius 3 is 3.00 bits per heavy atom. The van der Waals surface area contributed by atoms with Gasteiger partial charge in [0, 0.05) is 38.9 Å². The number of carbonyl (C=O) groups is 1. The summed E-state index contributed by atoms with van der Waals surface area (Å²) < 4.78 is 1.87. The second-order valence-corrected chi connectivity index (χ2v) is 6.45. The fourth-order valence-electron chi connectivity index (χ4n) is 3.31. The number of aromatic nitrogens is 3. The second-order valence-electron chi connectivity index (χ2n) is 6.45. The third-order valence-corrected chi connectivity index (χ3v) is 4.66. The lowest BCUT2D eigenvalue weighted by atomic mass is 9.89. The van der Waals surface area contributed by atoms with Gasteiger partial charge in [-0.2, -0.15) is 0 Å². The monoisotopic (exact) mass is 312 g/mol. The molecule has 5 heteroatoms. The minimum atomic E-state index is 0.227. The van der Waals surface area contributed by atoms with Crippen LogP contribution in [-0.4, -0.2) is 38.7 Å². The maximum atomic E-state index is 12.5. The van der Waals surface area contributed by atoms with Crippen molar-refractivity contribution in [2.45, 2.75) is 38.5 Å². The van der Waals surface area contributed by atoms with E-state index in [0.29, 0.717) is 18.8 Å². The van der Waals surface area contributed by atoms with Crippen molar-refractivity contribution in [2.75, 3.05) is 13.1 Å². The van der Waals surface area contributed by atoms with E-state index in [9.17, 15) is 4.79 Å². The predicted molar refractivity (Wildman–Crippen MR) is 89.1 cm³/mol. The maximum absolute atomic E-state index is 12.5. The highest BCUT2D eigenvalue weighted by Gasteiger charge is 2.24. The van der Waals surface area contributed by atoms with Gasteiger partial charge in [0.25, 0.3) is 0 Å². The summed E-state index contributed by atoms with van der Waals surface area (Å²) in [5, 5.41) is 7.91. The Balaban J connectivity index is 1.59. The van der Waals surface area contributed by atoms with Crippen LogP contribution in [0.3, 0.4) is 0 Å². The van der Waals surface area contributed by atoms with E-state index < -0.39 is 0 Å². The van der Waals surface area contributed by atoms with Crippen molar-refractivity contribution < 1.29 is 4.79 Å². The summed E-state index contributed by atoms with van der Waals surface area (Å²) in [6.07, 6.45) is 5.08. The molecule has 1 aliphatic rings. The van der Waals surface area contributed by atoms with Crippen LogP contribution in [0.5, 0.6) is 0 Å². The van der Waals surface area contributed by atoms with E-state index in [2.05, 4.69) is 41.4 Å². The summed E-state index contributed by atoms with van der Waals surface area (Å²) in [7, 11) is 1.91. The van der Waals surface area contributed by atoms with E-state index in [1.165, 1.54) is 11.1 Å². The van der Waals surface area contributed by atoms with Crippen molar-refractivity contribution >= 4 is 5.91 Å². The van der Waals surface area contributed by atoms with Crippen molar-refractivity contribution in [3.63, 3.8) is 0 Å². The molecule has 3 rings (SSSR count). The molecule has 0 radical (unpaired) electrons. The minimum absolute atomic E-state index is 0.227. The van der Waals surface area contributed by atoms with Crippen molar-refractivity contribution in [1.29, 1.82) is 0 Å². The third kappa shape index (κ3) is 3.78. The molecule has 1 fully saturated rings. The number of benzene rings is 1. The maximum Gasteiger partial charge on any atom is 0.223 e. The molecule has 1 saturated heterocycles. The molecule has 0 bridgehead atoms. The Labute approximate surface area is 137 Å². The number of nitrogens with zero attached hydrogens (tertiary/aromatic N) is 4. The van der Waals surface area contributed by atoms with Crippen molar-refractivity contribution in [3.8, 4) is 0 Å². The van der Waals surface area contributed by atoms with Crippen LogP contribution in [0.15, 0.2) is 30.6 Å². The van der Waals surface area contributed by atoms with Crippen LogP contribution >= 0.6 is 0 Å². The zero-order chi connectivity index (χ0) is 16.2. The van der Waals surface area contributed by atoms with Gasteiger partial charge in [-0.25, -0.2) is 0 Å². The van der Waals surface area contributed by atoms with E-state index >= 15 is 0 Å². The van der Waals surface area contributed by atoms with Gasteiger partial charge in [0.05, 0.1) is 0 Å². The van der Waals surface area contributed by atoms with E-state index in [1.807, 2.05) is 16.5 Å². The smallest absolute Gasteiger partial charge is 0.223 e. The molecule has 1 atom stereocenters. The summed E-state index contributed by atoms with van der Waals surface area (Å²) in [6.45, 7) is 3.83. The van der Waals surface area contributed by atoms with Crippen LogP contribution in [0, 0.1) is 6.92 Å². The quantitative estimate of drug-likeness (QED) is 0.871. The standard InChI is InChI=1S/C18H24N4O/c1-14-5-3-6-15(11-14)16-7-4-10-22(12-16)18(23)9-8-17-20-19-13-21(17)2/h3,5-6,11,13,16H,4,7-10,12H2,1-2H3/t16-/m0/s1. The molecule has 2 aromatic rings. The molecule has 5 nitrogen and oxygen atoms in total. The van der Waals surface area contributed by atoms with Crippen LogP contribution in [0.1, 0.15) is 42.1 Å². The second kappa shape index (κ2) is 6.94. The van der Waals surface area contributed by atoms with Crippen molar-refractivity contribution in [3.05, 3.63) is 47.5 Å². The summed E-state index contributed by atoms with van der Waals surface area (Å²) in [5.74, 6) is 1.55. The van der Waals surface area contributed by atoms with Crippen LogP contribution < -0.4 is 0 Å². The fourth-order valence-corrected chi connectivity index (χ4v) is 3.31. The number of hydrogen-bond donors (Lipinski definition) is 0. The molecule has 0 unspecified atom stereocenters. The van der Waals surface area contributed by atoms with Gasteiger partial charge in [-0.15, -0.1) is 10.2 Å². The lowest BCUT2D eigenvalue weighted by molar-refractivity contribution is -0.132. The van der Waals surface area contributed by atoms with Crippen molar-refractivity contribution in [2.24, 2.45) is 7.05 Å². The SMILES string of the molecule is Cc1cccc([C@H]2CCCN(C(=O)CCc3nncn3C)C2)c1. The molecule has 23 heavy (non-hydrogen) atoms. The molecule has 1 amide bonds. The van der Waals surface area contributed by atoms with Gasteiger partial charge in [0.15, 0.2) is 0 Å². The lowest BCUT2D eigenvalue weighted by Gasteiger charge is -2.33. The molecule has 0 aliphatic carbocycles. The molecule has 2 heterocycles. The molecular formula is C18H24N4O. The Hall–Kier alpha value is -2.17. The number of aryl methyl sites for hydroxylation is 3. The largest absolute Gasteiger partial charge is 0.342 e. The number of amides is 1. The first-order valence-corrected chi connectivity index (χ1v) is 8.30.